The Morgan fingerprint density at radius 2 is 2.00 bits per heavy atom. The van der Waals surface area contributed by atoms with Gasteiger partial charge in [-0.05, 0) is 29.8 Å². The van der Waals surface area contributed by atoms with E-state index in [1.807, 2.05) is 30.3 Å². The molecule has 0 aliphatic heterocycles. The van der Waals surface area contributed by atoms with Crippen molar-refractivity contribution in [1.82, 2.24) is 5.32 Å². The van der Waals surface area contributed by atoms with Crippen LogP contribution < -0.4 is 5.32 Å². The third-order valence-corrected chi connectivity index (χ3v) is 4.34. The number of hydrogen-bond donors (Lipinski definition) is 1. The van der Waals surface area contributed by atoms with Crippen LogP contribution in [-0.4, -0.2) is 25.3 Å². The summed E-state index contributed by atoms with van der Waals surface area (Å²) >= 11 is 1.65. The second-order valence-corrected chi connectivity index (χ2v) is 6.16. The lowest BCUT2D eigenvalue weighted by molar-refractivity contribution is -0.121. The van der Waals surface area contributed by atoms with Crippen molar-refractivity contribution in [2.45, 2.75) is 17.4 Å². The summed E-state index contributed by atoms with van der Waals surface area (Å²) in [6.45, 7) is 0.328. The molecular formula is C18H20FNO2S. The minimum atomic E-state index is -0.351. The molecule has 2 rings (SSSR count). The number of nitrogens with one attached hydrogen (secondary N) is 1. The van der Waals surface area contributed by atoms with E-state index in [1.165, 1.54) is 12.1 Å². The fourth-order valence-corrected chi connectivity index (χ4v) is 2.99. The summed E-state index contributed by atoms with van der Waals surface area (Å²) < 4.78 is 18.6. The Bertz CT molecular complexity index is 621. The van der Waals surface area contributed by atoms with Crippen molar-refractivity contribution >= 4 is 17.7 Å². The van der Waals surface area contributed by atoms with Crippen molar-refractivity contribution in [3.8, 4) is 0 Å². The summed E-state index contributed by atoms with van der Waals surface area (Å²) in [6, 6.07) is 16.2. The molecule has 1 amide bonds. The zero-order valence-corrected chi connectivity index (χ0v) is 13.8. The summed E-state index contributed by atoms with van der Waals surface area (Å²) in [5.41, 5.74) is 0.714. The largest absolute Gasteiger partial charge is 0.375 e. The molecule has 0 aliphatic rings. The van der Waals surface area contributed by atoms with Gasteiger partial charge < -0.3 is 10.1 Å². The SMILES string of the molecule is CO[C@H](CNC(=O)CCSc1ccccc1)c1cccc(F)c1. The molecule has 0 spiro atoms. The average Bonchev–Trinajstić information content (AvgIpc) is 2.56. The van der Waals surface area contributed by atoms with Gasteiger partial charge in [-0.1, -0.05) is 30.3 Å². The van der Waals surface area contributed by atoms with Gasteiger partial charge in [-0.15, -0.1) is 11.8 Å². The highest BCUT2D eigenvalue weighted by molar-refractivity contribution is 7.99. The normalized spacial score (nSPS) is 11.9. The van der Waals surface area contributed by atoms with Gasteiger partial charge in [0, 0.05) is 30.7 Å². The molecule has 0 aliphatic carbocycles. The maximum Gasteiger partial charge on any atom is 0.220 e. The Morgan fingerprint density at radius 1 is 1.22 bits per heavy atom. The van der Waals surface area contributed by atoms with Gasteiger partial charge in [0.15, 0.2) is 0 Å². The van der Waals surface area contributed by atoms with Gasteiger partial charge in [-0.25, -0.2) is 4.39 Å². The van der Waals surface area contributed by atoms with Gasteiger partial charge in [-0.2, -0.15) is 0 Å². The van der Waals surface area contributed by atoms with Crippen LogP contribution in [0.3, 0.4) is 0 Å². The predicted molar refractivity (Wildman–Crippen MR) is 90.9 cm³/mol. The van der Waals surface area contributed by atoms with Crippen molar-refractivity contribution in [3.05, 3.63) is 66.0 Å². The number of benzene rings is 2. The topological polar surface area (TPSA) is 38.3 Å². The Balaban J connectivity index is 1.74. The smallest absolute Gasteiger partial charge is 0.220 e. The average molecular weight is 333 g/mol. The highest BCUT2D eigenvalue weighted by Crippen LogP contribution is 2.18. The molecule has 0 radical (unpaired) electrons. The number of methoxy groups -OCH3 is 1. The van der Waals surface area contributed by atoms with Crippen LogP contribution >= 0.6 is 11.8 Å². The molecule has 0 saturated heterocycles. The number of amides is 1. The monoisotopic (exact) mass is 333 g/mol. The van der Waals surface area contributed by atoms with Crippen LogP contribution in [0.5, 0.6) is 0 Å². The first-order valence-electron chi connectivity index (χ1n) is 7.42. The standard InChI is InChI=1S/C18H20FNO2S/c1-22-17(14-6-5-7-15(19)12-14)13-20-18(21)10-11-23-16-8-3-2-4-9-16/h2-9,12,17H,10-11,13H2,1H3,(H,20,21)/t17-/m1/s1. The van der Waals surface area contributed by atoms with E-state index in [-0.39, 0.29) is 17.8 Å². The van der Waals surface area contributed by atoms with Gasteiger partial charge in [0.05, 0.1) is 6.10 Å². The van der Waals surface area contributed by atoms with E-state index in [0.717, 1.165) is 4.90 Å². The van der Waals surface area contributed by atoms with E-state index in [9.17, 15) is 9.18 Å². The third kappa shape index (κ3) is 6.04. The lowest BCUT2D eigenvalue weighted by atomic mass is 10.1. The molecule has 0 heterocycles. The number of carbonyl (C=O) groups excluding carboxylic acids is 1. The maximum absolute atomic E-state index is 13.2. The Morgan fingerprint density at radius 3 is 2.70 bits per heavy atom. The second-order valence-electron chi connectivity index (χ2n) is 4.99. The lowest BCUT2D eigenvalue weighted by Gasteiger charge is -2.16. The summed E-state index contributed by atoms with van der Waals surface area (Å²) in [7, 11) is 1.55. The van der Waals surface area contributed by atoms with Crippen LogP contribution in [0.4, 0.5) is 4.39 Å². The van der Waals surface area contributed by atoms with Crippen molar-refractivity contribution in [2.24, 2.45) is 0 Å². The summed E-state index contributed by atoms with van der Waals surface area (Å²) in [6.07, 6.45) is 0.0792. The van der Waals surface area contributed by atoms with Crippen LogP contribution in [0.15, 0.2) is 59.5 Å². The molecule has 2 aromatic rings. The molecule has 3 nitrogen and oxygen atoms in total. The van der Waals surface area contributed by atoms with Gasteiger partial charge in [0.1, 0.15) is 5.82 Å². The quantitative estimate of drug-likeness (QED) is 0.747. The van der Waals surface area contributed by atoms with Gasteiger partial charge in [0.2, 0.25) is 5.91 Å². The van der Waals surface area contributed by atoms with E-state index in [4.69, 9.17) is 4.74 Å². The molecule has 0 aromatic heterocycles. The van der Waals surface area contributed by atoms with E-state index < -0.39 is 0 Å². The van der Waals surface area contributed by atoms with Crippen molar-refractivity contribution in [2.75, 3.05) is 19.4 Å². The van der Waals surface area contributed by atoms with Crippen LogP contribution in [0.1, 0.15) is 18.1 Å². The van der Waals surface area contributed by atoms with E-state index in [1.54, 1.807) is 31.0 Å². The Kier molecular flexibility index (Phi) is 7.10. The zero-order chi connectivity index (χ0) is 16.5. The Labute approximate surface area is 140 Å². The highest BCUT2D eigenvalue weighted by atomic mass is 32.2. The predicted octanol–water partition coefficient (Wildman–Crippen LogP) is 3.81. The molecule has 0 bridgehead atoms. The number of rotatable bonds is 8. The van der Waals surface area contributed by atoms with Crippen molar-refractivity contribution < 1.29 is 13.9 Å². The van der Waals surface area contributed by atoms with E-state index in [2.05, 4.69) is 5.32 Å². The number of ether oxygens (including phenoxy) is 1. The third-order valence-electron chi connectivity index (χ3n) is 3.33. The summed E-state index contributed by atoms with van der Waals surface area (Å²) in [4.78, 5) is 13.0. The number of thioether (sulfide) groups is 1. The fourth-order valence-electron chi connectivity index (χ4n) is 2.12. The number of hydrogen-bond acceptors (Lipinski definition) is 3. The molecule has 23 heavy (non-hydrogen) atoms. The maximum atomic E-state index is 13.2. The van der Waals surface area contributed by atoms with Crippen LogP contribution in [0.25, 0.3) is 0 Å². The van der Waals surface area contributed by atoms with Crippen molar-refractivity contribution in [1.29, 1.82) is 0 Å². The molecule has 0 fully saturated rings. The lowest BCUT2D eigenvalue weighted by Crippen LogP contribution is -2.29. The van der Waals surface area contributed by atoms with Crippen LogP contribution in [0.2, 0.25) is 0 Å². The molecular weight excluding hydrogens is 313 g/mol. The summed E-state index contributed by atoms with van der Waals surface area (Å²) in [5.74, 6) is 0.370. The van der Waals surface area contributed by atoms with Crippen LogP contribution in [0, 0.1) is 5.82 Å². The number of carbonyl (C=O) groups is 1. The molecule has 122 valence electrons. The first kappa shape index (κ1) is 17.5. The minimum absolute atomic E-state index is 0.0353. The first-order chi connectivity index (χ1) is 11.2. The zero-order valence-electron chi connectivity index (χ0n) is 13.0. The minimum Gasteiger partial charge on any atom is -0.375 e. The highest BCUT2D eigenvalue weighted by Gasteiger charge is 2.12. The molecule has 5 heteroatoms. The summed E-state index contributed by atoms with van der Waals surface area (Å²) in [5, 5.41) is 2.84. The van der Waals surface area contributed by atoms with Crippen LogP contribution in [-0.2, 0) is 9.53 Å². The van der Waals surface area contributed by atoms with E-state index in [0.29, 0.717) is 24.3 Å². The molecule has 2 aromatic carbocycles. The first-order valence-corrected chi connectivity index (χ1v) is 8.40. The van der Waals surface area contributed by atoms with E-state index >= 15 is 0 Å². The second kappa shape index (κ2) is 9.33. The van der Waals surface area contributed by atoms with Gasteiger partial charge in [-0.3, -0.25) is 4.79 Å². The number of halogens is 1. The fraction of sp³-hybridized carbons (Fsp3) is 0.278. The van der Waals surface area contributed by atoms with Gasteiger partial charge >= 0.3 is 0 Å². The molecule has 1 atom stereocenters. The molecule has 1 N–H and O–H groups in total. The Hall–Kier alpha value is -1.85. The molecule has 0 unspecified atom stereocenters. The molecule has 0 saturated carbocycles. The van der Waals surface area contributed by atoms with Crippen molar-refractivity contribution in [3.63, 3.8) is 0 Å². The van der Waals surface area contributed by atoms with Gasteiger partial charge in [0.25, 0.3) is 0 Å².